The van der Waals surface area contributed by atoms with Crippen molar-refractivity contribution < 1.29 is 76.0 Å². The van der Waals surface area contributed by atoms with Crippen molar-refractivity contribution in [3.63, 3.8) is 0 Å². The third-order valence-corrected chi connectivity index (χ3v) is 7.46. The number of carboxylic acid groups (broad SMARTS) is 2. The molecule has 0 aromatic rings. The van der Waals surface area contributed by atoms with Crippen LogP contribution in [0.3, 0.4) is 0 Å². The van der Waals surface area contributed by atoms with Crippen LogP contribution in [0.4, 0.5) is 0 Å². The molecule has 50 heavy (non-hydrogen) atoms. The second kappa shape index (κ2) is 50.6. The molecule has 14 heteroatoms. The number of hydrogen-bond acceptors (Lipinski definition) is 10. The van der Waals surface area contributed by atoms with E-state index in [1.54, 1.807) is 6.92 Å². The first kappa shape index (κ1) is 61.5. The molecule has 0 aromatic heterocycles. The molecule has 0 unspecified atom stereocenters. The predicted octanol–water partition coefficient (Wildman–Crippen LogP) is 6.01. The molecule has 0 fully saturated rings. The monoisotopic (exact) mass is 782 g/mol. The number of thiol groups is 2. The molecule has 294 valence electrons. The summed E-state index contributed by atoms with van der Waals surface area (Å²) in [7, 11) is -2.90. The fourth-order valence-electron chi connectivity index (χ4n) is 3.62. The average Bonchev–Trinajstić information content (AvgIpc) is 3.03. The second-order valence-electron chi connectivity index (χ2n) is 11.5. The largest absolute Gasteiger partial charge is 1.00 e. The van der Waals surface area contributed by atoms with Gasteiger partial charge in [0.05, 0.1) is 13.7 Å². The molecule has 0 bridgehead atoms. The molecule has 0 radical (unpaired) electrons. The van der Waals surface area contributed by atoms with Crippen molar-refractivity contribution in [1.82, 2.24) is 0 Å². The zero-order valence-corrected chi connectivity index (χ0v) is 37.0. The Kier molecular flexibility index (Phi) is 62.2. The molecular weight excluding hydrogens is 712 g/mol. The normalized spacial score (nSPS) is 9.76. The topological polar surface area (TPSA) is 167 Å². The van der Waals surface area contributed by atoms with E-state index in [0.717, 1.165) is 18.6 Å². The summed E-state index contributed by atoms with van der Waals surface area (Å²) in [4.78, 5) is 29.2. The maximum absolute atomic E-state index is 10.2. The molecule has 2 N–H and O–H groups in total. The van der Waals surface area contributed by atoms with E-state index in [0.29, 0.717) is 17.7 Å². The van der Waals surface area contributed by atoms with Crippen molar-refractivity contribution in [2.75, 3.05) is 25.2 Å². The first-order valence-electron chi connectivity index (χ1n) is 17.7. The van der Waals surface area contributed by atoms with Crippen LogP contribution in [0, 0.1) is 0 Å². The van der Waals surface area contributed by atoms with Crippen molar-refractivity contribution in [1.29, 1.82) is 0 Å². The second-order valence-corrected chi connectivity index (χ2v) is 13.5. The molecule has 0 rings (SSSR count). The van der Waals surface area contributed by atoms with E-state index in [4.69, 9.17) is 9.66 Å². The summed E-state index contributed by atoms with van der Waals surface area (Å²) in [5.74, 6) is -0.890. The number of ether oxygens (including phenoxy) is 1. The Morgan fingerprint density at radius 2 is 0.980 bits per heavy atom. The van der Waals surface area contributed by atoms with Crippen LogP contribution in [-0.2, 0) is 33.7 Å². The Morgan fingerprint density at radius 3 is 1.16 bits per heavy atom. The third-order valence-electron chi connectivity index (χ3n) is 6.46. The van der Waals surface area contributed by atoms with Gasteiger partial charge in [0, 0.05) is 17.1 Å². The number of hydrogen-bond donors (Lipinski definition) is 4. The Balaban J connectivity index is -0.000000129. The molecule has 0 amide bonds. The molecule has 0 saturated heterocycles. The minimum absolute atomic E-state index is 0. The van der Waals surface area contributed by atoms with Gasteiger partial charge < -0.3 is 19.7 Å². The van der Waals surface area contributed by atoms with Crippen LogP contribution in [0.5, 0.6) is 0 Å². The fourth-order valence-corrected chi connectivity index (χ4v) is 4.35. The summed E-state index contributed by atoms with van der Waals surface area (Å²) in [6.45, 7) is 14.1. The molecule has 0 spiro atoms. The van der Waals surface area contributed by atoms with Crippen LogP contribution < -0.4 is 34.7 Å². The third kappa shape index (κ3) is 77.1. The van der Waals surface area contributed by atoms with Gasteiger partial charge in [-0.2, -0.15) is 33.7 Å². The van der Waals surface area contributed by atoms with E-state index in [1.165, 1.54) is 123 Å². The quantitative estimate of drug-likeness (QED) is 0.0204. The Morgan fingerprint density at radius 1 is 0.660 bits per heavy atom. The van der Waals surface area contributed by atoms with Crippen LogP contribution in [0.25, 0.3) is 0 Å². The molecule has 0 aromatic carbocycles. The van der Waals surface area contributed by atoms with Gasteiger partial charge in [-0.15, -0.1) is 0 Å². The summed E-state index contributed by atoms with van der Waals surface area (Å²) >= 11 is 7.84. The first-order valence-corrected chi connectivity index (χ1v) is 20.4. The van der Waals surface area contributed by atoms with Crippen LogP contribution in [0.15, 0.2) is 24.3 Å². The van der Waals surface area contributed by atoms with Gasteiger partial charge in [0.1, 0.15) is 0 Å². The average molecular weight is 783 g/mol. The molecule has 0 aliphatic carbocycles. The number of unbranched alkanes of at least 4 members (excludes halogenated alkanes) is 18. The van der Waals surface area contributed by atoms with E-state index < -0.39 is 22.3 Å². The summed E-state index contributed by atoms with van der Waals surface area (Å²) in [6.07, 6.45) is 26.1. The van der Waals surface area contributed by atoms with Gasteiger partial charge in [0.2, 0.25) is 0 Å². The molecule has 0 saturated carbocycles. The minimum atomic E-state index is -4.23. The summed E-state index contributed by atoms with van der Waals surface area (Å²) < 4.78 is 37.3. The Labute approximate surface area is 339 Å². The fraction of sp³-hybridized carbons (Fsp3) is 0.806. The number of esters is 1. The van der Waals surface area contributed by atoms with E-state index in [9.17, 15) is 27.9 Å². The van der Waals surface area contributed by atoms with Crippen molar-refractivity contribution in [3.05, 3.63) is 24.3 Å². The van der Waals surface area contributed by atoms with Crippen molar-refractivity contribution in [2.24, 2.45) is 0 Å². The number of carbonyl (C=O) groups excluding carboxylic acids is 2. The van der Waals surface area contributed by atoms with Gasteiger partial charge >= 0.3 is 51.9 Å². The van der Waals surface area contributed by atoms with Gasteiger partial charge in [-0.05, 0) is 44.6 Å². The van der Waals surface area contributed by atoms with Gasteiger partial charge in [-0.3, -0.25) is 4.55 Å². The number of carboxylic acids is 2. The van der Waals surface area contributed by atoms with E-state index >= 15 is 0 Å². The molecular formula is C36H71NaO10S3. The van der Waals surface area contributed by atoms with Gasteiger partial charge in [-0.1, -0.05) is 143 Å². The van der Waals surface area contributed by atoms with Crippen LogP contribution in [0.2, 0.25) is 0 Å². The number of rotatable bonds is 26. The zero-order valence-electron chi connectivity index (χ0n) is 32.3. The molecule has 0 aliphatic heterocycles. The Bertz CT molecular complexity index is 863. The van der Waals surface area contributed by atoms with Crippen molar-refractivity contribution in [3.8, 4) is 0 Å². The number of methoxy groups -OCH3 is 1. The van der Waals surface area contributed by atoms with Crippen LogP contribution in [0.1, 0.15) is 163 Å². The molecule has 0 atom stereocenters. The summed E-state index contributed by atoms with van der Waals surface area (Å²) in [6, 6.07) is 0. The molecule has 0 heterocycles. The smallest absolute Gasteiger partial charge is 0.550 e. The predicted molar refractivity (Wildman–Crippen MR) is 208 cm³/mol. The van der Waals surface area contributed by atoms with Crippen molar-refractivity contribution in [2.45, 2.75) is 163 Å². The molecule has 0 aliphatic rings. The van der Waals surface area contributed by atoms with E-state index in [-0.39, 0.29) is 54.1 Å². The number of carbonyl (C=O) groups is 3. The zero-order chi connectivity index (χ0) is 38.8. The first-order chi connectivity index (χ1) is 23.1. The standard InChI is InChI=1S/C12H26O4S.C12H26S.C5H8O2.C4H6O2.C3H6O2S.Na/c1-2-3-4-5-6-7-8-9-10-11-12-16-17(13,14)15;1-2-3-4-5-6-7-8-9-10-11-12-13;1-4(2)5(6)7-3;1-3(2)4(5)6;4-3(5)1-2-6;/h2-12H2,1H3,(H,13,14,15);13H,2-12H2,1H3;1H2,2-3H3;1H2,2H3,(H,5,6);6H,1-2H2,(H,4,5);/q;;;;;+1/p-1. The maximum atomic E-state index is 10.2. The SMILES string of the molecule is C=C(C)C(=O)O.C=C(C)C(=O)OC.CCCCCCCCCCCCOS(=O)(=O)O.CCCCCCCCCCCCS.O=C([O-])CCS.[Na+]. The Hall–Kier alpha value is -0.540. The summed E-state index contributed by atoms with van der Waals surface area (Å²) in [5, 5.41) is 17.3. The van der Waals surface area contributed by atoms with Gasteiger partial charge in [0.15, 0.2) is 0 Å². The minimum Gasteiger partial charge on any atom is -0.550 e. The summed E-state index contributed by atoms with van der Waals surface area (Å²) in [5.41, 5.74) is 0.609. The maximum Gasteiger partial charge on any atom is 1.00 e. The van der Waals surface area contributed by atoms with Crippen molar-refractivity contribution >= 4 is 53.6 Å². The molecule has 10 nitrogen and oxygen atoms in total. The van der Waals surface area contributed by atoms with Gasteiger partial charge in [0.25, 0.3) is 0 Å². The van der Waals surface area contributed by atoms with Crippen LogP contribution >= 0.6 is 25.3 Å². The van der Waals surface area contributed by atoms with Gasteiger partial charge in [-0.25, -0.2) is 13.8 Å². The van der Waals surface area contributed by atoms with E-state index in [1.807, 2.05) is 0 Å². The van der Waals surface area contributed by atoms with Crippen LogP contribution in [-0.4, -0.2) is 61.2 Å². The van der Waals surface area contributed by atoms with E-state index in [2.05, 4.69) is 61.2 Å². The number of aliphatic carboxylic acids is 2.